The topological polar surface area (TPSA) is 79.2 Å². The second-order valence-corrected chi connectivity index (χ2v) is 7.98. The van der Waals surface area contributed by atoms with Gasteiger partial charge in [-0.3, -0.25) is 9.78 Å². The zero-order chi connectivity index (χ0) is 19.8. The van der Waals surface area contributed by atoms with E-state index < -0.39 is 0 Å². The van der Waals surface area contributed by atoms with Crippen LogP contribution in [-0.4, -0.2) is 44.0 Å². The van der Waals surface area contributed by atoms with Crippen molar-refractivity contribution in [2.45, 2.75) is 31.1 Å². The van der Waals surface area contributed by atoms with E-state index >= 15 is 0 Å². The van der Waals surface area contributed by atoms with Crippen molar-refractivity contribution in [2.24, 2.45) is 0 Å². The second-order valence-electron chi connectivity index (χ2n) is 7.98. The van der Waals surface area contributed by atoms with Crippen molar-refractivity contribution in [2.75, 3.05) is 13.1 Å². The van der Waals surface area contributed by atoms with Crippen LogP contribution >= 0.6 is 0 Å². The zero-order valence-electron chi connectivity index (χ0n) is 16.1. The molecule has 0 radical (unpaired) electrons. The van der Waals surface area contributed by atoms with E-state index in [1.54, 1.807) is 0 Å². The van der Waals surface area contributed by atoms with Crippen LogP contribution < -0.4 is 0 Å². The quantitative estimate of drug-likeness (QED) is 0.731. The number of aromatic hydroxyl groups is 1. The summed E-state index contributed by atoms with van der Waals surface area (Å²) >= 11 is 0. The Morgan fingerprint density at radius 2 is 1.97 bits per heavy atom. The molecule has 1 amide bonds. The minimum Gasteiger partial charge on any atom is -0.506 e. The van der Waals surface area contributed by atoms with Crippen LogP contribution in [0.15, 0.2) is 55.0 Å². The highest BCUT2D eigenvalue weighted by atomic mass is 16.3. The van der Waals surface area contributed by atoms with E-state index in [4.69, 9.17) is 4.98 Å². The highest BCUT2D eigenvalue weighted by molar-refractivity contribution is 5.94. The predicted octanol–water partition coefficient (Wildman–Crippen LogP) is 3.36. The van der Waals surface area contributed by atoms with E-state index in [0.29, 0.717) is 18.7 Å². The Morgan fingerprint density at radius 1 is 1.10 bits per heavy atom. The number of pyridine rings is 1. The van der Waals surface area contributed by atoms with Crippen LogP contribution in [0.1, 0.15) is 40.9 Å². The lowest BCUT2D eigenvalue weighted by atomic mass is 9.77. The van der Waals surface area contributed by atoms with Gasteiger partial charge in [-0.1, -0.05) is 30.3 Å². The summed E-state index contributed by atoms with van der Waals surface area (Å²) in [4.78, 5) is 28.4. The number of carbonyl (C=O) groups excluding carboxylic acids is 1. The number of piperidine rings is 1. The molecule has 1 N–H and O–H groups in total. The Hall–Kier alpha value is -3.28. The molecule has 1 saturated heterocycles. The number of nitrogens with zero attached hydrogens (tertiary/aromatic N) is 4. The lowest BCUT2D eigenvalue weighted by Gasteiger charge is -2.40. The first-order valence-electron chi connectivity index (χ1n) is 10.00. The van der Waals surface area contributed by atoms with Crippen molar-refractivity contribution in [3.8, 4) is 17.1 Å². The Morgan fingerprint density at radius 3 is 2.79 bits per heavy atom. The summed E-state index contributed by atoms with van der Waals surface area (Å²) in [6.45, 7) is 1.35. The Labute approximate surface area is 169 Å². The number of aryl methyl sites for hydroxylation is 1. The highest BCUT2D eigenvalue weighted by Crippen LogP contribution is 2.44. The van der Waals surface area contributed by atoms with E-state index in [1.165, 1.54) is 24.0 Å². The number of likely N-dealkylation sites (tertiary alicyclic amines) is 1. The molecule has 3 heterocycles. The lowest BCUT2D eigenvalue weighted by Crippen LogP contribution is -2.48. The number of amides is 1. The summed E-state index contributed by atoms with van der Waals surface area (Å²) in [5, 5.41) is 9.68. The molecule has 1 fully saturated rings. The van der Waals surface area contributed by atoms with Gasteiger partial charge in [-0.2, -0.15) is 0 Å². The number of hydrogen-bond acceptors (Lipinski definition) is 5. The standard InChI is InChI=1S/C23H22N4O2/c28-19-11-18(12-24-14-19)22(29)27-10-4-8-23(15-27)9-7-17-13-25-21(26-20(17)23)16-5-2-1-3-6-16/h1-3,5-6,11-14,28H,4,7-10,15H2. The van der Waals surface area contributed by atoms with E-state index in [1.807, 2.05) is 41.4 Å². The molecular formula is C23H22N4O2. The fourth-order valence-electron chi connectivity index (χ4n) is 4.70. The van der Waals surface area contributed by atoms with E-state index in [-0.39, 0.29) is 17.1 Å². The maximum Gasteiger partial charge on any atom is 0.255 e. The summed E-state index contributed by atoms with van der Waals surface area (Å²) in [7, 11) is 0. The smallest absolute Gasteiger partial charge is 0.255 e. The molecule has 0 bridgehead atoms. The first-order chi connectivity index (χ1) is 14.1. The summed E-state index contributed by atoms with van der Waals surface area (Å²) in [6.07, 6.45) is 8.69. The monoisotopic (exact) mass is 386 g/mol. The third-order valence-electron chi connectivity index (χ3n) is 6.11. The highest BCUT2D eigenvalue weighted by Gasteiger charge is 2.44. The molecule has 1 aliphatic carbocycles. The normalized spacial score (nSPS) is 20.6. The number of rotatable bonds is 2. The number of benzene rings is 1. The van der Waals surface area contributed by atoms with Gasteiger partial charge in [-0.05, 0) is 37.3 Å². The van der Waals surface area contributed by atoms with Crippen LogP contribution in [0.5, 0.6) is 5.75 Å². The first kappa shape index (κ1) is 17.8. The van der Waals surface area contributed by atoms with Gasteiger partial charge in [0.25, 0.3) is 5.91 Å². The van der Waals surface area contributed by atoms with Gasteiger partial charge < -0.3 is 10.0 Å². The fourth-order valence-corrected chi connectivity index (χ4v) is 4.70. The summed E-state index contributed by atoms with van der Waals surface area (Å²) in [6, 6.07) is 11.5. The van der Waals surface area contributed by atoms with Crippen molar-refractivity contribution < 1.29 is 9.90 Å². The minimum atomic E-state index is -0.125. The Balaban J connectivity index is 1.47. The maximum atomic E-state index is 13.0. The van der Waals surface area contributed by atoms with E-state index in [9.17, 15) is 9.90 Å². The van der Waals surface area contributed by atoms with Crippen LogP contribution in [0.25, 0.3) is 11.4 Å². The van der Waals surface area contributed by atoms with Crippen molar-refractivity contribution >= 4 is 5.91 Å². The van der Waals surface area contributed by atoms with Crippen molar-refractivity contribution in [1.29, 1.82) is 0 Å². The summed E-state index contributed by atoms with van der Waals surface area (Å²) in [5.74, 6) is 0.665. The summed E-state index contributed by atoms with van der Waals surface area (Å²) in [5.41, 5.74) is 3.59. The van der Waals surface area contributed by atoms with Crippen LogP contribution in [0.2, 0.25) is 0 Å². The van der Waals surface area contributed by atoms with Crippen molar-refractivity contribution in [3.05, 3.63) is 71.8 Å². The molecule has 1 spiro atoms. The first-order valence-corrected chi connectivity index (χ1v) is 10.00. The molecule has 5 rings (SSSR count). The SMILES string of the molecule is O=C(c1cncc(O)c1)N1CCCC2(CCc3cnc(-c4ccccc4)nc32)C1. The second kappa shape index (κ2) is 6.95. The van der Waals surface area contributed by atoms with Gasteiger partial charge in [-0.15, -0.1) is 0 Å². The van der Waals surface area contributed by atoms with Gasteiger partial charge in [0.15, 0.2) is 5.82 Å². The van der Waals surface area contributed by atoms with E-state index in [0.717, 1.165) is 42.8 Å². The third-order valence-corrected chi connectivity index (χ3v) is 6.11. The molecule has 0 saturated carbocycles. The van der Waals surface area contributed by atoms with Crippen LogP contribution in [0.3, 0.4) is 0 Å². The van der Waals surface area contributed by atoms with Crippen LogP contribution in [-0.2, 0) is 11.8 Å². The van der Waals surface area contributed by atoms with Crippen molar-refractivity contribution in [3.63, 3.8) is 0 Å². The molecule has 1 unspecified atom stereocenters. The molecule has 29 heavy (non-hydrogen) atoms. The minimum absolute atomic E-state index is 0.00836. The number of carbonyl (C=O) groups is 1. The Bertz CT molecular complexity index is 1070. The fraction of sp³-hybridized carbons (Fsp3) is 0.304. The predicted molar refractivity (Wildman–Crippen MR) is 109 cm³/mol. The Kier molecular flexibility index (Phi) is 4.27. The van der Waals surface area contributed by atoms with Crippen molar-refractivity contribution in [1.82, 2.24) is 19.9 Å². The molecule has 1 aromatic carbocycles. The van der Waals surface area contributed by atoms with Gasteiger partial charge >= 0.3 is 0 Å². The lowest BCUT2D eigenvalue weighted by molar-refractivity contribution is 0.0632. The molecule has 6 heteroatoms. The maximum absolute atomic E-state index is 13.0. The molecule has 6 nitrogen and oxygen atoms in total. The largest absolute Gasteiger partial charge is 0.506 e. The summed E-state index contributed by atoms with van der Waals surface area (Å²) < 4.78 is 0. The number of aromatic nitrogens is 3. The van der Waals surface area contributed by atoms with Gasteiger partial charge in [0.2, 0.25) is 0 Å². The van der Waals surface area contributed by atoms with Gasteiger partial charge in [0.05, 0.1) is 17.5 Å². The molecule has 2 aliphatic rings. The number of hydrogen-bond donors (Lipinski definition) is 1. The van der Waals surface area contributed by atoms with Gasteiger partial charge in [0, 0.05) is 36.5 Å². The van der Waals surface area contributed by atoms with Crippen LogP contribution in [0, 0.1) is 0 Å². The molecule has 146 valence electrons. The third kappa shape index (κ3) is 3.14. The average Bonchev–Trinajstić information content (AvgIpc) is 3.11. The average molecular weight is 386 g/mol. The number of fused-ring (bicyclic) bond motifs is 2. The van der Waals surface area contributed by atoms with Gasteiger partial charge in [-0.25, -0.2) is 9.97 Å². The molecule has 2 aromatic heterocycles. The molecule has 1 atom stereocenters. The zero-order valence-corrected chi connectivity index (χ0v) is 16.1. The van der Waals surface area contributed by atoms with Crippen LogP contribution in [0.4, 0.5) is 0 Å². The molecule has 1 aliphatic heterocycles. The van der Waals surface area contributed by atoms with E-state index in [2.05, 4.69) is 9.97 Å². The molecular weight excluding hydrogens is 364 g/mol. The van der Waals surface area contributed by atoms with Gasteiger partial charge in [0.1, 0.15) is 5.75 Å². The molecule has 3 aromatic rings.